The van der Waals surface area contributed by atoms with E-state index in [1.54, 1.807) is 6.07 Å². The molecule has 0 radical (unpaired) electrons. The molecule has 0 saturated carbocycles. The molecule has 2 aromatic rings. The lowest BCUT2D eigenvalue weighted by Gasteiger charge is -2.37. The Bertz CT molecular complexity index is 1510. The monoisotopic (exact) mass is 573 g/mol. The van der Waals surface area contributed by atoms with E-state index in [2.05, 4.69) is 45.1 Å². The maximum Gasteiger partial charge on any atom is 0.410 e. The van der Waals surface area contributed by atoms with Crippen LogP contribution >= 0.6 is 11.6 Å². The number of hydrogen-bond donors (Lipinski definition) is 2. The van der Waals surface area contributed by atoms with Gasteiger partial charge in [-0.3, -0.25) is 4.79 Å². The number of fused-ring (bicyclic) bond motifs is 1. The van der Waals surface area contributed by atoms with Crippen LogP contribution in [-0.4, -0.2) is 76.5 Å². The maximum absolute atomic E-state index is 13.1. The molecule has 1 fully saturated rings. The van der Waals surface area contributed by atoms with Gasteiger partial charge in [-0.15, -0.1) is 0 Å². The van der Waals surface area contributed by atoms with Crippen LogP contribution in [0.15, 0.2) is 76.7 Å². The largest absolute Gasteiger partial charge is 0.506 e. The van der Waals surface area contributed by atoms with Crippen LogP contribution < -0.4 is 5.32 Å². The second-order valence-electron chi connectivity index (χ2n) is 9.36. The lowest BCUT2D eigenvalue weighted by Crippen LogP contribution is -2.50. The van der Waals surface area contributed by atoms with Crippen molar-refractivity contribution in [2.75, 3.05) is 25.0 Å². The third kappa shape index (κ3) is 7.87. The molecule has 2 aliphatic heterocycles. The highest BCUT2D eigenvalue weighted by Gasteiger charge is 2.33. The molecule has 0 bridgehead atoms. The van der Waals surface area contributed by atoms with E-state index >= 15 is 0 Å². The average molecular weight is 574 g/mol. The molecule has 0 aromatic heterocycles. The number of carbonyl (C=O) groups is 3. The Morgan fingerprint density at radius 1 is 1.20 bits per heavy atom. The van der Waals surface area contributed by atoms with Crippen molar-refractivity contribution in [2.24, 2.45) is 9.98 Å². The minimum atomic E-state index is -1.28. The zero-order valence-corrected chi connectivity index (χ0v) is 22.9. The molecule has 10 nitrogen and oxygen atoms in total. The Morgan fingerprint density at radius 2 is 1.98 bits per heavy atom. The molecule has 1 atom stereocenters. The lowest BCUT2D eigenvalue weighted by atomic mass is 10.0. The van der Waals surface area contributed by atoms with Gasteiger partial charge in [0.25, 0.3) is 5.91 Å². The number of urea groups is 1. The summed E-state index contributed by atoms with van der Waals surface area (Å²) in [6.45, 7) is 4.61. The summed E-state index contributed by atoms with van der Waals surface area (Å²) < 4.78 is 5.60. The average Bonchev–Trinajstić information content (AvgIpc) is 3.14. The van der Waals surface area contributed by atoms with E-state index in [0.717, 1.165) is 17.7 Å². The standard InChI is InChI=1S/C30H28ClN5O5/c1-2-13-32-14-5-15-33-28(38)27(20-21-8-9-26(37)24(31)19-21)41-30(40)35-16-11-23(12-17-35)36-18-10-22-6-3-4-7-25(22)34-29(36)39/h3-4,6-9,14,19,23,27,37H,1,10-12,16-18,20H2,(H,34,39)/t27-/m1/s1. The number of ether oxygens (including phenoxy) is 1. The maximum atomic E-state index is 13.1. The number of rotatable bonds is 6. The van der Waals surface area contributed by atoms with Crippen LogP contribution in [0.2, 0.25) is 5.02 Å². The highest BCUT2D eigenvalue weighted by atomic mass is 35.5. The number of aromatic hydroxyl groups is 1. The van der Waals surface area contributed by atoms with Gasteiger partial charge in [-0.2, -0.15) is 9.98 Å². The highest BCUT2D eigenvalue weighted by Crippen LogP contribution is 2.26. The molecule has 4 amide bonds. The van der Waals surface area contributed by atoms with Crippen molar-refractivity contribution in [3.05, 3.63) is 82.9 Å². The van der Waals surface area contributed by atoms with Crippen LogP contribution in [0, 0.1) is 0 Å². The van der Waals surface area contributed by atoms with Crippen molar-refractivity contribution in [1.82, 2.24) is 9.80 Å². The van der Waals surface area contributed by atoms with Crippen LogP contribution in [0.1, 0.15) is 24.0 Å². The number of aliphatic imine (C=N–C) groups is 2. The van der Waals surface area contributed by atoms with Crippen molar-refractivity contribution in [2.45, 2.75) is 37.8 Å². The molecule has 0 spiro atoms. The van der Waals surface area contributed by atoms with Gasteiger partial charge in [-0.1, -0.05) is 41.6 Å². The van der Waals surface area contributed by atoms with E-state index in [9.17, 15) is 19.5 Å². The van der Waals surface area contributed by atoms with Gasteiger partial charge in [0.05, 0.1) is 11.2 Å². The number of phenols is 1. The molecule has 0 aliphatic carbocycles. The highest BCUT2D eigenvalue weighted by molar-refractivity contribution is 6.32. The zero-order valence-electron chi connectivity index (χ0n) is 22.2. The molecule has 2 heterocycles. The van der Waals surface area contributed by atoms with E-state index in [4.69, 9.17) is 16.3 Å². The second-order valence-corrected chi connectivity index (χ2v) is 9.77. The Labute approximate surface area is 242 Å². The summed E-state index contributed by atoms with van der Waals surface area (Å²) in [4.78, 5) is 49.5. The summed E-state index contributed by atoms with van der Waals surface area (Å²) in [5.41, 5.74) is 7.24. The fourth-order valence-electron chi connectivity index (χ4n) is 4.66. The molecular weight excluding hydrogens is 546 g/mol. The van der Waals surface area contributed by atoms with E-state index in [0.29, 0.717) is 38.0 Å². The number of benzene rings is 2. The number of anilines is 1. The number of nitrogens with zero attached hydrogens (tertiary/aromatic N) is 4. The van der Waals surface area contributed by atoms with Crippen LogP contribution in [0.25, 0.3) is 0 Å². The van der Waals surface area contributed by atoms with Crippen LogP contribution in [0.4, 0.5) is 15.3 Å². The predicted octanol–water partition coefficient (Wildman–Crippen LogP) is 4.52. The third-order valence-corrected chi connectivity index (χ3v) is 7.06. The van der Waals surface area contributed by atoms with Gasteiger partial charge < -0.3 is 25.0 Å². The van der Waals surface area contributed by atoms with Gasteiger partial charge in [-0.05, 0) is 60.9 Å². The first-order chi connectivity index (χ1) is 19.9. The van der Waals surface area contributed by atoms with Crippen molar-refractivity contribution < 1.29 is 24.2 Å². The number of hydrogen-bond acceptors (Lipinski definition) is 6. The van der Waals surface area contributed by atoms with Crippen molar-refractivity contribution >= 4 is 47.1 Å². The summed E-state index contributed by atoms with van der Waals surface area (Å²) in [5, 5.41) is 12.8. The van der Waals surface area contributed by atoms with E-state index < -0.39 is 18.1 Å². The number of carbonyl (C=O) groups excluding carboxylic acids is 3. The van der Waals surface area contributed by atoms with Crippen molar-refractivity contribution in [1.29, 1.82) is 0 Å². The quantitative estimate of drug-likeness (QED) is 0.388. The van der Waals surface area contributed by atoms with Crippen LogP contribution in [-0.2, 0) is 22.4 Å². The summed E-state index contributed by atoms with van der Waals surface area (Å²) in [6.07, 6.45) is 1.07. The van der Waals surface area contributed by atoms with Gasteiger partial charge >= 0.3 is 12.1 Å². The molecule has 210 valence electrons. The zero-order chi connectivity index (χ0) is 29.2. The van der Waals surface area contributed by atoms with Crippen molar-refractivity contribution in [3.63, 3.8) is 0 Å². The van der Waals surface area contributed by atoms with Gasteiger partial charge in [0.2, 0.25) is 0 Å². The molecule has 2 aliphatic rings. The summed E-state index contributed by atoms with van der Waals surface area (Å²) in [6, 6.07) is 12.0. The Hall–Kier alpha value is -4.80. The van der Waals surface area contributed by atoms with Gasteiger partial charge in [0, 0.05) is 49.5 Å². The first kappa shape index (κ1) is 29.2. The second kappa shape index (κ2) is 14.0. The lowest BCUT2D eigenvalue weighted by molar-refractivity contribution is -0.126. The molecule has 41 heavy (non-hydrogen) atoms. The fourth-order valence-corrected chi connectivity index (χ4v) is 4.87. The topological polar surface area (TPSA) is 124 Å². The first-order valence-corrected chi connectivity index (χ1v) is 13.4. The molecule has 1 saturated heterocycles. The third-order valence-electron chi connectivity index (χ3n) is 6.76. The molecule has 2 aromatic carbocycles. The van der Waals surface area contributed by atoms with E-state index in [-0.39, 0.29) is 29.3 Å². The number of phenolic OH excluding ortho intramolecular Hbond substituents is 1. The Morgan fingerprint density at radius 3 is 2.73 bits per heavy atom. The molecule has 4 rings (SSSR count). The summed E-state index contributed by atoms with van der Waals surface area (Å²) in [5.74, 6) is 3.79. The fraction of sp³-hybridized carbons (Fsp3) is 0.300. The smallest absolute Gasteiger partial charge is 0.410 e. The van der Waals surface area contributed by atoms with Crippen LogP contribution in [0.3, 0.4) is 0 Å². The molecule has 0 unspecified atom stereocenters. The molecule has 11 heteroatoms. The number of likely N-dealkylation sites (tertiary alicyclic amines) is 1. The first-order valence-electron chi connectivity index (χ1n) is 13.0. The van der Waals surface area contributed by atoms with Gasteiger partial charge in [0.1, 0.15) is 5.75 Å². The van der Waals surface area contributed by atoms with Gasteiger partial charge in [-0.25, -0.2) is 9.59 Å². The molecular formula is C30H28ClN5O5. The number of halogens is 1. The predicted molar refractivity (Wildman–Crippen MR) is 155 cm³/mol. The minimum absolute atomic E-state index is 0.0260. The van der Waals surface area contributed by atoms with Crippen LogP contribution in [0.5, 0.6) is 5.75 Å². The van der Waals surface area contributed by atoms with E-state index in [1.165, 1.54) is 23.2 Å². The summed E-state index contributed by atoms with van der Waals surface area (Å²) >= 11 is 6.01. The number of piperidine rings is 1. The normalized spacial score (nSPS) is 15.4. The number of nitrogens with one attached hydrogen (secondary N) is 1. The SMILES string of the molecule is C=C=C=NC=C=C=NC(=O)[C@@H](Cc1ccc(O)c(Cl)c1)OC(=O)N1CCC(N2CCc3ccccc3NC2=O)CC1. The Kier molecular flexibility index (Phi) is 9.98. The molecule has 2 N–H and O–H groups in total. The minimum Gasteiger partial charge on any atom is -0.506 e. The Balaban J connectivity index is 1.41. The van der Waals surface area contributed by atoms with E-state index in [1.807, 2.05) is 29.2 Å². The number of para-hydroxylation sites is 1. The van der Waals surface area contributed by atoms with Gasteiger partial charge in [0.15, 0.2) is 6.10 Å². The summed E-state index contributed by atoms with van der Waals surface area (Å²) in [7, 11) is 0. The number of amides is 4. The van der Waals surface area contributed by atoms with Crippen molar-refractivity contribution in [3.8, 4) is 5.75 Å².